The van der Waals surface area contributed by atoms with E-state index in [0.29, 0.717) is 0 Å². The van der Waals surface area contributed by atoms with Crippen LogP contribution in [0, 0.1) is 0 Å². The number of aromatic nitrogens is 2. The summed E-state index contributed by atoms with van der Waals surface area (Å²) < 4.78 is 5.11. The van der Waals surface area contributed by atoms with Crippen molar-refractivity contribution in [3.8, 4) is 78.1 Å². The van der Waals surface area contributed by atoms with Crippen LogP contribution in [0.2, 0.25) is 0 Å². The minimum atomic E-state index is 1.11. The second-order valence-corrected chi connectivity index (χ2v) is 20.5. The molecule has 14 rings (SSSR count). The fourth-order valence-corrected chi connectivity index (χ4v) is 11.5. The van der Waals surface area contributed by atoms with Crippen molar-refractivity contribution in [2.45, 2.75) is 0 Å². The molecule has 12 aromatic carbocycles. The van der Waals surface area contributed by atoms with Crippen LogP contribution in [0.3, 0.4) is 0 Å². The van der Waals surface area contributed by atoms with E-state index in [0.717, 1.165) is 89.1 Å². The lowest BCUT2D eigenvalue weighted by molar-refractivity contribution is 1.18. The number of rotatable bonds is 12. The molecule has 0 fully saturated rings. The normalized spacial score (nSPS) is 11.7. The van der Waals surface area contributed by atoms with Crippen LogP contribution in [0.15, 0.2) is 303 Å². The van der Waals surface area contributed by atoms with Crippen LogP contribution in [-0.2, 0) is 0 Å². The maximum atomic E-state index is 2.56. The van der Waals surface area contributed by atoms with Gasteiger partial charge in [-0.1, -0.05) is 291 Å². The second kappa shape index (κ2) is 21.1. The highest BCUT2D eigenvalue weighted by atomic mass is 15.1. The average Bonchev–Trinajstić information content (AvgIpc) is 4.05. The molecule has 0 bridgehead atoms. The standard InChI is InChI=1S/C78H54N2/c1-5-19-55(20-6-1)35-37-57-39-43-61(44-40-57)65-47-49-71-75(53-65)79(73-33-15-13-31-69(73)67-29-17-27-63(51-67)59-23-9-3-10-24-59)78-72-50-48-66(62-45-41-58(42-46-62)38-36-56-21-7-2-8-22-56)54-76(72)80(77(71)78)74-34-16-14-32-70(74)68-30-18-28-64(52-68)60-25-11-4-12-26-60/h1-54H/b37-35+,38-36+. The van der Waals surface area contributed by atoms with Crippen molar-refractivity contribution in [2.75, 3.05) is 0 Å². The molecular formula is C78H54N2. The fraction of sp³-hybridized carbons (Fsp3) is 0. The summed E-state index contributed by atoms with van der Waals surface area (Å²) in [5.74, 6) is 0. The number of hydrogen-bond donors (Lipinski definition) is 0. The molecule has 0 saturated heterocycles. The van der Waals surface area contributed by atoms with Gasteiger partial charge in [0.2, 0.25) is 0 Å². The number of nitrogens with zero attached hydrogens (tertiary/aromatic N) is 2. The van der Waals surface area contributed by atoms with Gasteiger partial charge in [0.15, 0.2) is 0 Å². The first-order chi connectivity index (χ1) is 39.7. The minimum Gasteiger partial charge on any atom is -0.306 e. The summed E-state index contributed by atoms with van der Waals surface area (Å²) in [7, 11) is 0. The van der Waals surface area contributed by atoms with Crippen molar-refractivity contribution in [3.63, 3.8) is 0 Å². The zero-order valence-electron chi connectivity index (χ0n) is 44.1. The van der Waals surface area contributed by atoms with Crippen LogP contribution in [0.5, 0.6) is 0 Å². The van der Waals surface area contributed by atoms with Crippen molar-refractivity contribution in [3.05, 3.63) is 326 Å². The van der Waals surface area contributed by atoms with Gasteiger partial charge in [0.1, 0.15) is 0 Å². The van der Waals surface area contributed by atoms with E-state index in [9.17, 15) is 0 Å². The first-order valence-corrected chi connectivity index (χ1v) is 27.5. The van der Waals surface area contributed by atoms with Gasteiger partial charge in [-0.05, 0) is 114 Å². The first kappa shape index (κ1) is 47.9. The lowest BCUT2D eigenvalue weighted by Gasteiger charge is -2.16. The zero-order valence-corrected chi connectivity index (χ0v) is 44.1. The molecule has 2 aromatic heterocycles. The Balaban J connectivity index is 1.01. The van der Waals surface area contributed by atoms with Crippen molar-refractivity contribution in [2.24, 2.45) is 0 Å². The van der Waals surface area contributed by atoms with Gasteiger partial charge in [0, 0.05) is 21.9 Å². The average molecular weight is 1020 g/mol. The molecule has 0 N–H and O–H groups in total. The third-order valence-corrected chi connectivity index (χ3v) is 15.5. The highest BCUT2D eigenvalue weighted by Crippen LogP contribution is 2.46. The van der Waals surface area contributed by atoms with Gasteiger partial charge in [0.05, 0.1) is 33.4 Å². The molecule has 2 nitrogen and oxygen atoms in total. The predicted molar refractivity (Wildman–Crippen MR) is 341 cm³/mol. The van der Waals surface area contributed by atoms with E-state index < -0.39 is 0 Å². The van der Waals surface area contributed by atoms with Crippen LogP contribution in [0.25, 0.3) is 135 Å². The van der Waals surface area contributed by atoms with Gasteiger partial charge >= 0.3 is 0 Å². The van der Waals surface area contributed by atoms with Gasteiger partial charge in [-0.2, -0.15) is 0 Å². The third kappa shape index (κ3) is 9.25. The van der Waals surface area contributed by atoms with E-state index in [4.69, 9.17) is 0 Å². The summed E-state index contributed by atoms with van der Waals surface area (Å²) in [5, 5.41) is 2.33. The van der Waals surface area contributed by atoms with Gasteiger partial charge in [-0.15, -0.1) is 0 Å². The molecule has 0 atom stereocenters. The van der Waals surface area contributed by atoms with Gasteiger partial charge in [-0.3, -0.25) is 0 Å². The molecule has 0 amide bonds. The Morgan fingerprint density at radius 3 is 0.887 bits per heavy atom. The summed E-state index contributed by atoms with van der Waals surface area (Å²) in [6.45, 7) is 0. The minimum absolute atomic E-state index is 1.11. The smallest absolute Gasteiger partial charge is 0.0804 e. The molecule has 0 unspecified atom stereocenters. The Labute approximate surface area is 467 Å². The van der Waals surface area contributed by atoms with Crippen LogP contribution in [-0.4, -0.2) is 9.13 Å². The van der Waals surface area contributed by atoms with E-state index in [1.54, 1.807) is 0 Å². The molecule has 0 spiro atoms. The van der Waals surface area contributed by atoms with Gasteiger partial charge in [-0.25, -0.2) is 0 Å². The Hall–Kier alpha value is -10.5. The summed E-state index contributed by atoms with van der Waals surface area (Å²) >= 11 is 0. The molecular weight excluding hydrogens is 965 g/mol. The molecule has 0 aliphatic rings. The maximum absolute atomic E-state index is 2.56. The Morgan fingerprint density at radius 2 is 0.487 bits per heavy atom. The number of hydrogen-bond acceptors (Lipinski definition) is 0. The number of benzene rings is 12. The highest BCUT2D eigenvalue weighted by molar-refractivity contribution is 6.21. The summed E-state index contributed by atoms with van der Waals surface area (Å²) in [6.07, 6.45) is 8.73. The quantitative estimate of drug-likeness (QED) is 0.108. The SMILES string of the molecule is C(=C\c1ccc(-c2ccc3c(c2)n(-c2ccccc2-c2cccc(-c4ccccc4)c2)c2c4ccc(-c5ccc(/C=C/c6ccccc6)cc5)cc4n(-c4ccccc4-c4cccc(-c5ccccc5)c4)c32)cc1)/c1ccccc1. The Kier molecular flexibility index (Phi) is 12.6. The molecule has 14 aromatic rings. The number of fused-ring (bicyclic) bond motifs is 5. The number of para-hydroxylation sites is 2. The molecule has 0 saturated carbocycles. The molecule has 0 aliphatic carbocycles. The van der Waals surface area contributed by atoms with Gasteiger partial charge < -0.3 is 9.13 Å². The summed E-state index contributed by atoms with van der Waals surface area (Å²) in [5.41, 5.74) is 25.5. The zero-order chi connectivity index (χ0) is 53.2. The lowest BCUT2D eigenvalue weighted by atomic mass is 9.97. The highest BCUT2D eigenvalue weighted by Gasteiger charge is 2.26. The Morgan fingerprint density at radius 1 is 0.200 bits per heavy atom. The van der Waals surface area contributed by atoms with Crippen molar-refractivity contribution >= 4 is 57.1 Å². The molecule has 0 aliphatic heterocycles. The van der Waals surface area contributed by atoms with Crippen LogP contribution >= 0.6 is 0 Å². The van der Waals surface area contributed by atoms with E-state index >= 15 is 0 Å². The molecule has 376 valence electrons. The molecule has 0 radical (unpaired) electrons. The van der Waals surface area contributed by atoms with E-state index in [2.05, 4.69) is 337 Å². The summed E-state index contributed by atoms with van der Waals surface area (Å²) in [4.78, 5) is 0. The molecule has 2 heterocycles. The van der Waals surface area contributed by atoms with E-state index in [-0.39, 0.29) is 0 Å². The third-order valence-electron chi connectivity index (χ3n) is 15.5. The van der Waals surface area contributed by atoms with Crippen LogP contribution in [0.4, 0.5) is 0 Å². The molecule has 80 heavy (non-hydrogen) atoms. The van der Waals surface area contributed by atoms with Crippen molar-refractivity contribution in [1.29, 1.82) is 0 Å². The van der Waals surface area contributed by atoms with Gasteiger partial charge in [0.25, 0.3) is 0 Å². The monoisotopic (exact) mass is 1020 g/mol. The second-order valence-electron chi connectivity index (χ2n) is 20.5. The van der Waals surface area contributed by atoms with Crippen LogP contribution in [0.1, 0.15) is 22.3 Å². The largest absolute Gasteiger partial charge is 0.306 e. The van der Waals surface area contributed by atoms with Crippen molar-refractivity contribution in [1.82, 2.24) is 9.13 Å². The topological polar surface area (TPSA) is 9.86 Å². The Bertz CT molecular complexity index is 4280. The summed E-state index contributed by atoms with van der Waals surface area (Å²) in [6, 6.07) is 110. The molecule has 2 heteroatoms. The predicted octanol–water partition coefficient (Wildman–Crippen LogP) is 21.1. The first-order valence-electron chi connectivity index (χ1n) is 27.5. The van der Waals surface area contributed by atoms with Crippen molar-refractivity contribution < 1.29 is 0 Å². The maximum Gasteiger partial charge on any atom is 0.0804 e. The van der Waals surface area contributed by atoms with E-state index in [1.807, 2.05) is 0 Å². The van der Waals surface area contributed by atoms with Crippen LogP contribution < -0.4 is 0 Å². The fourth-order valence-electron chi connectivity index (χ4n) is 11.5. The lowest BCUT2D eigenvalue weighted by Crippen LogP contribution is -1.98. The van der Waals surface area contributed by atoms with E-state index in [1.165, 1.54) is 44.2 Å².